The van der Waals surface area contributed by atoms with Crippen molar-refractivity contribution in [3.8, 4) is 22.4 Å². The van der Waals surface area contributed by atoms with Crippen molar-refractivity contribution in [3.05, 3.63) is 77.2 Å². The van der Waals surface area contributed by atoms with Crippen molar-refractivity contribution in [3.63, 3.8) is 0 Å². The second kappa shape index (κ2) is 7.65. The lowest BCUT2D eigenvalue weighted by molar-refractivity contribution is 0.198. The van der Waals surface area contributed by atoms with E-state index in [-0.39, 0.29) is 5.54 Å². The Bertz CT molecular complexity index is 1170. The second-order valence-corrected chi connectivity index (χ2v) is 8.77. The van der Waals surface area contributed by atoms with Crippen LogP contribution in [0.2, 0.25) is 0 Å². The van der Waals surface area contributed by atoms with Crippen molar-refractivity contribution < 1.29 is 0 Å². The molecular formula is C24H23BrN4. The van der Waals surface area contributed by atoms with Gasteiger partial charge in [0.15, 0.2) is 5.65 Å². The van der Waals surface area contributed by atoms with E-state index >= 15 is 0 Å². The Kier molecular flexibility index (Phi) is 5.19. The minimum atomic E-state index is -0.0377. The first-order valence-corrected chi connectivity index (χ1v) is 10.3. The number of aromatic nitrogens is 3. The van der Waals surface area contributed by atoms with Crippen LogP contribution in [0.15, 0.2) is 71.6 Å². The van der Waals surface area contributed by atoms with Crippen LogP contribution >= 0.6 is 15.9 Å². The van der Waals surface area contributed by atoms with Gasteiger partial charge >= 0.3 is 0 Å². The zero-order chi connectivity index (χ0) is 20.6. The molecule has 2 heterocycles. The summed E-state index contributed by atoms with van der Waals surface area (Å²) < 4.78 is 1.04. The number of nitrogens with zero attached hydrogens (tertiary/aromatic N) is 4. The summed E-state index contributed by atoms with van der Waals surface area (Å²) in [5, 5.41) is 0.944. The number of benzene rings is 2. The first-order chi connectivity index (χ1) is 13.9. The monoisotopic (exact) mass is 446 g/mol. The van der Waals surface area contributed by atoms with Gasteiger partial charge in [0.1, 0.15) is 6.33 Å². The summed E-state index contributed by atoms with van der Waals surface area (Å²) >= 11 is 3.57. The highest BCUT2D eigenvalue weighted by Gasteiger charge is 2.22. The summed E-state index contributed by atoms with van der Waals surface area (Å²) in [6.45, 7) is 4.44. The van der Waals surface area contributed by atoms with Crippen molar-refractivity contribution >= 4 is 27.0 Å². The third-order valence-corrected chi connectivity index (χ3v) is 6.12. The third-order valence-electron chi connectivity index (χ3n) is 5.63. The van der Waals surface area contributed by atoms with Gasteiger partial charge in [0, 0.05) is 27.2 Å². The van der Waals surface area contributed by atoms with Crippen LogP contribution in [0, 0.1) is 0 Å². The third kappa shape index (κ3) is 3.80. The average molecular weight is 447 g/mol. The lowest BCUT2D eigenvalue weighted by Gasteiger charge is -2.33. The fourth-order valence-corrected chi connectivity index (χ4v) is 3.71. The highest BCUT2D eigenvalue weighted by Crippen LogP contribution is 2.33. The van der Waals surface area contributed by atoms with E-state index in [1.807, 2.05) is 18.3 Å². The molecule has 0 amide bonds. The van der Waals surface area contributed by atoms with Gasteiger partial charge in [0.25, 0.3) is 0 Å². The van der Waals surface area contributed by atoms with Crippen LogP contribution in [-0.4, -0.2) is 33.9 Å². The number of pyridine rings is 1. The van der Waals surface area contributed by atoms with E-state index in [4.69, 9.17) is 4.98 Å². The van der Waals surface area contributed by atoms with Crippen LogP contribution in [0.5, 0.6) is 0 Å². The Morgan fingerprint density at radius 2 is 1.69 bits per heavy atom. The van der Waals surface area contributed by atoms with Crippen molar-refractivity contribution in [1.29, 1.82) is 0 Å². The molecule has 0 saturated heterocycles. The largest absolute Gasteiger partial charge is 0.300 e. The molecule has 4 nitrogen and oxygen atoms in total. The predicted octanol–water partition coefficient (Wildman–Crippen LogP) is 5.92. The Morgan fingerprint density at radius 1 is 0.931 bits per heavy atom. The molecular weight excluding hydrogens is 424 g/mol. The minimum absolute atomic E-state index is 0.0377. The van der Waals surface area contributed by atoms with Crippen molar-refractivity contribution in [2.75, 3.05) is 14.1 Å². The van der Waals surface area contributed by atoms with Gasteiger partial charge in [-0.2, -0.15) is 0 Å². The fourth-order valence-electron chi connectivity index (χ4n) is 3.31. The first kappa shape index (κ1) is 19.7. The second-order valence-electron chi connectivity index (χ2n) is 7.86. The van der Waals surface area contributed by atoms with E-state index in [9.17, 15) is 0 Å². The molecule has 0 fully saturated rings. The summed E-state index contributed by atoms with van der Waals surface area (Å²) in [5.74, 6) is 0. The number of halogens is 1. The Hall–Kier alpha value is -2.63. The number of fused-ring (bicyclic) bond motifs is 1. The molecule has 4 aromatic rings. The van der Waals surface area contributed by atoms with Crippen LogP contribution in [0.3, 0.4) is 0 Å². The quantitative estimate of drug-likeness (QED) is 0.390. The molecule has 0 aliphatic heterocycles. The lowest BCUT2D eigenvalue weighted by atomic mass is 9.91. The molecule has 0 spiro atoms. The molecule has 29 heavy (non-hydrogen) atoms. The average Bonchev–Trinajstić information content (AvgIpc) is 2.73. The van der Waals surface area contributed by atoms with Crippen molar-refractivity contribution in [2.24, 2.45) is 0 Å². The van der Waals surface area contributed by atoms with E-state index < -0.39 is 0 Å². The SMILES string of the molecule is CN(C)C(C)(C)c1ccc(-c2cc(-c3cccc(Br)c3)c3cncnc3n2)cc1. The number of hydrogen-bond donors (Lipinski definition) is 0. The molecule has 146 valence electrons. The van der Waals surface area contributed by atoms with Gasteiger partial charge in [-0.1, -0.05) is 52.3 Å². The van der Waals surface area contributed by atoms with E-state index in [2.05, 4.69) is 101 Å². The van der Waals surface area contributed by atoms with Gasteiger partial charge in [-0.25, -0.2) is 15.0 Å². The first-order valence-electron chi connectivity index (χ1n) is 9.51. The van der Waals surface area contributed by atoms with E-state index in [1.165, 1.54) is 5.56 Å². The molecule has 2 aromatic carbocycles. The Morgan fingerprint density at radius 3 is 2.38 bits per heavy atom. The molecule has 0 N–H and O–H groups in total. The molecule has 0 saturated carbocycles. The standard InChI is InChI=1S/C24H23BrN4/c1-24(2,29(3)4)18-10-8-16(9-11-18)22-13-20(17-6-5-7-19(25)12-17)21-14-26-15-27-23(21)28-22/h5-15H,1-4H3. The molecule has 5 heteroatoms. The van der Waals surface area contributed by atoms with Gasteiger partial charge < -0.3 is 4.90 Å². The van der Waals surface area contributed by atoms with Crippen molar-refractivity contribution in [1.82, 2.24) is 19.9 Å². The maximum atomic E-state index is 4.81. The topological polar surface area (TPSA) is 41.9 Å². The molecule has 2 aromatic heterocycles. The summed E-state index contributed by atoms with van der Waals surface area (Å²) in [5.41, 5.74) is 6.08. The molecule has 4 rings (SSSR count). The summed E-state index contributed by atoms with van der Waals surface area (Å²) in [6, 6.07) is 19.0. The van der Waals surface area contributed by atoms with E-state index in [0.29, 0.717) is 5.65 Å². The van der Waals surface area contributed by atoms with Crippen LogP contribution in [0.1, 0.15) is 19.4 Å². The zero-order valence-electron chi connectivity index (χ0n) is 17.0. The van der Waals surface area contributed by atoms with Gasteiger partial charge in [-0.15, -0.1) is 0 Å². The van der Waals surface area contributed by atoms with Gasteiger partial charge in [0.2, 0.25) is 0 Å². The van der Waals surface area contributed by atoms with Gasteiger partial charge in [0.05, 0.1) is 5.69 Å². The van der Waals surface area contributed by atoms with E-state index in [0.717, 1.165) is 32.2 Å². The summed E-state index contributed by atoms with van der Waals surface area (Å²) in [7, 11) is 4.20. The lowest BCUT2D eigenvalue weighted by Crippen LogP contribution is -2.35. The van der Waals surface area contributed by atoms with Crippen LogP contribution in [-0.2, 0) is 5.54 Å². The van der Waals surface area contributed by atoms with Gasteiger partial charge in [-0.05, 0) is 62.8 Å². The predicted molar refractivity (Wildman–Crippen MR) is 123 cm³/mol. The Labute approximate surface area is 179 Å². The molecule has 0 aliphatic carbocycles. The minimum Gasteiger partial charge on any atom is -0.300 e. The molecule has 0 radical (unpaired) electrons. The molecule has 0 atom stereocenters. The highest BCUT2D eigenvalue weighted by molar-refractivity contribution is 9.10. The molecule has 0 aliphatic rings. The summed E-state index contributed by atoms with van der Waals surface area (Å²) in [6.07, 6.45) is 3.38. The molecule has 0 unspecified atom stereocenters. The number of rotatable bonds is 4. The maximum absolute atomic E-state index is 4.81. The van der Waals surface area contributed by atoms with Crippen LogP contribution in [0.25, 0.3) is 33.4 Å². The number of hydrogen-bond acceptors (Lipinski definition) is 4. The maximum Gasteiger partial charge on any atom is 0.163 e. The highest BCUT2D eigenvalue weighted by atomic mass is 79.9. The Balaban J connectivity index is 1.85. The fraction of sp³-hybridized carbons (Fsp3) is 0.208. The van der Waals surface area contributed by atoms with Crippen LogP contribution in [0.4, 0.5) is 0 Å². The van der Waals surface area contributed by atoms with Gasteiger partial charge in [-0.3, -0.25) is 0 Å². The molecule has 0 bridgehead atoms. The zero-order valence-corrected chi connectivity index (χ0v) is 18.6. The van der Waals surface area contributed by atoms with E-state index in [1.54, 1.807) is 6.33 Å². The van der Waals surface area contributed by atoms with Crippen LogP contribution < -0.4 is 0 Å². The smallest absolute Gasteiger partial charge is 0.163 e. The van der Waals surface area contributed by atoms with Crippen molar-refractivity contribution in [2.45, 2.75) is 19.4 Å². The summed E-state index contributed by atoms with van der Waals surface area (Å²) in [4.78, 5) is 15.7. The normalized spacial score (nSPS) is 11.9.